The van der Waals surface area contributed by atoms with Crippen LogP contribution in [0.3, 0.4) is 0 Å². The Balaban J connectivity index is 2.08. The molecule has 0 aliphatic rings. The van der Waals surface area contributed by atoms with Gasteiger partial charge in [0.15, 0.2) is 5.60 Å². The minimum Gasteiger partial charge on any atom is -0.508 e. The van der Waals surface area contributed by atoms with Crippen molar-refractivity contribution in [3.63, 3.8) is 0 Å². The number of phenolic OH excluding ortho intramolecular Hbond substituents is 1. The van der Waals surface area contributed by atoms with Crippen LogP contribution in [0, 0.1) is 11.3 Å². The zero-order valence-corrected chi connectivity index (χ0v) is 14.8. The number of aliphatic hydroxyl groups is 1. The Labute approximate surface area is 147 Å². The van der Waals surface area contributed by atoms with Gasteiger partial charge in [0.1, 0.15) is 5.75 Å². The molecule has 0 bridgehead atoms. The van der Waals surface area contributed by atoms with Crippen LogP contribution in [0.4, 0.5) is 0 Å². The third-order valence-electron chi connectivity index (χ3n) is 3.65. The second kappa shape index (κ2) is 11.0. The van der Waals surface area contributed by atoms with Crippen molar-refractivity contribution in [3.05, 3.63) is 29.8 Å². The Morgan fingerprint density at radius 2 is 1.92 bits per heavy atom. The molecule has 24 heavy (non-hydrogen) atoms. The highest BCUT2D eigenvalue weighted by Gasteiger charge is 2.30. The van der Waals surface area contributed by atoms with Gasteiger partial charge in [-0.1, -0.05) is 25.0 Å². The number of rotatable bonds is 11. The smallest absolute Gasteiger partial charge is 0.309 e. The topological polar surface area (TPSA) is 90.5 Å². The number of esters is 1. The summed E-state index contributed by atoms with van der Waals surface area (Å²) in [5, 5.41) is 28.2. The lowest BCUT2D eigenvalue weighted by molar-refractivity contribution is -0.143. The molecule has 0 heterocycles. The van der Waals surface area contributed by atoms with E-state index in [4.69, 9.17) is 5.26 Å². The SMILES string of the molecule is COC(=O)CC(O)(C#N)CSCCCCCCc1ccc(O)cc1. The van der Waals surface area contributed by atoms with Crippen LogP contribution >= 0.6 is 11.8 Å². The quantitative estimate of drug-likeness (QED) is 0.362. The van der Waals surface area contributed by atoms with E-state index < -0.39 is 11.6 Å². The average Bonchev–Trinajstić information content (AvgIpc) is 2.58. The van der Waals surface area contributed by atoms with Crippen LogP contribution in [-0.2, 0) is 16.0 Å². The molecule has 0 aliphatic heterocycles. The maximum Gasteiger partial charge on any atom is 0.309 e. The Morgan fingerprint density at radius 3 is 2.54 bits per heavy atom. The van der Waals surface area contributed by atoms with Crippen LogP contribution < -0.4 is 0 Å². The van der Waals surface area contributed by atoms with E-state index in [9.17, 15) is 15.0 Å². The van der Waals surface area contributed by atoms with E-state index in [1.165, 1.54) is 24.4 Å². The van der Waals surface area contributed by atoms with Crippen LogP contribution in [0.1, 0.15) is 37.7 Å². The van der Waals surface area contributed by atoms with E-state index in [0.29, 0.717) is 5.75 Å². The number of methoxy groups -OCH3 is 1. The molecule has 0 saturated carbocycles. The molecule has 1 aromatic rings. The molecule has 0 saturated heterocycles. The minimum absolute atomic E-state index is 0.214. The molecule has 2 N–H and O–H groups in total. The number of aromatic hydroxyl groups is 1. The molecule has 0 fully saturated rings. The van der Waals surface area contributed by atoms with E-state index in [1.54, 1.807) is 18.2 Å². The van der Waals surface area contributed by atoms with Crippen LogP contribution in [-0.4, -0.2) is 40.4 Å². The first-order valence-electron chi connectivity index (χ1n) is 8.05. The highest BCUT2D eigenvalue weighted by molar-refractivity contribution is 7.99. The van der Waals surface area contributed by atoms with Gasteiger partial charge in [-0.3, -0.25) is 4.79 Å². The van der Waals surface area contributed by atoms with Gasteiger partial charge >= 0.3 is 5.97 Å². The number of unbranched alkanes of at least 4 members (excludes halogenated alkanes) is 3. The molecule has 132 valence electrons. The van der Waals surface area contributed by atoms with Crippen molar-refractivity contribution in [1.29, 1.82) is 5.26 Å². The summed E-state index contributed by atoms with van der Waals surface area (Å²) in [5.41, 5.74) is -0.416. The Bertz CT molecular complexity index is 541. The Hall–Kier alpha value is -1.71. The first-order chi connectivity index (χ1) is 11.5. The van der Waals surface area contributed by atoms with Gasteiger partial charge in [0.25, 0.3) is 0 Å². The van der Waals surface area contributed by atoms with Crippen LogP contribution in [0.5, 0.6) is 5.75 Å². The molecular weight excluding hydrogens is 326 g/mol. The lowest BCUT2D eigenvalue weighted by Gasteiger charge is -2.18. The van der Waals surface area contributed by atoms with E-state index in [1.807, 2.05) is 12.1 Å². The number of carbonyl (C=O) groups is 1. The van der Waals surface area contributed by atoms with E-state index in [-0.39, 0.29) is 12.2 Å². The molecule has 0 amide bonds. The maximum absolute atomic E-state index is 11.2. The zero-order chi connectivity index (χ0) is 17.8. The van der Waals surface area contributed by atoms with Crippen molar-refractivity contribution >= 4 is 17.7 Å². The number of nitrogens with zero attached hydrogens (tertiary/aromatic N) is 1. The first-order valence-corrected chi connectivity index (χ1v) is 9.20. The van der Waals surface area contributed by atoms with E-state index >= 15 is 0 Å². The number of aryl methyl sites for hydroxylation is 1. The minimum atomic E-state index is -1.64. The number of nitriles is 1. The summed E-state index contributed by atoms with van der Waals surface area (Å²) in [6.07, 6.45) is 5.03. The molecule has 1 rings (SSSR count). The second-order valence-electron chi connectivity index (χ2n) is 5.78. The molecule has 0 aliphatic carbocycles. The van der Waals surface area contributed by atoms with Crippen molar-refractivity contribution in [2.24, 2.45) is 0 Å². The van der Waals surface area contributed by atoms with Crippen molar-refractivity contribution in [2.75, 3.05) is 18.6 Å². The van der Waals surface area contributed by atoms with Crippen LogP contribution in [0.2, 0.25) is 0 Å². The van der Waals surface area contributed by atoms with Crippen molar-refractivity contribution in [3.8, 4) is 11.8 Å². The fourth-order valence-electron chi connectivity index (χ4n) is 2.22. The van der Waals surface area contributed by atoms with Gasteiger partial charge in [0.2, 0.25) is 0 Å². The van der Waals surface area contributed by atoms with Crippen molar-refractivity contribution in [2.45, 2.75) is 44.1 Å². The maximum atomic E-state index is 11.2. The van der Waals surface area contributed by atoms with E-state index in [0.717, 1.165) is 37.9 Å². The standard InChI is InChI=1S/C18H25NO4S/c1-23-17(21)12-18(22,13-19)14-24-11-5-3-2-4-6-15-7-9-16(20)10-8-15/h7-10,20,22H,2-6,11-12,14H2,1H3. The summed E-state index contributed by atoms with van der Waals surface area (Å²) in [6.45, 7) is 0. The summed E-state index contributed by atoms with van der Waals surface area (Å²) < 4.78 is 4.49. The largest absolute Gasteiger partial charge is 0.508 e. The lowest BCUT2D eigenvalue weighted by Crippen LogP contribution is -2.33. The highest BCUT2D eigenvalue weighted by atomic mass is 32.2. The predicted molar refractivity (Wildman–Crippen MR) is 94.8 cm³/mol. The summed E-state index contributed by atoms with van der Waals surface area (Å²) in [6, 6.07) is 9.08. The zero-order valence-electron chi connectivity index (χ0n) is 14.0. The van der Waals surface area contributed by atoms with Gasteiger partial charge < -0.3 is 14.9 Å². The third kappa shape index (κ3) is 8.23. The first kappa shape index (κ1) is 20.3. The molecule has 0 radical (unpaired) electrons. The lowest BCUT2D eigenvalue weighted by atomic mass is 10.1. The van der Waals surface area contributed by atoms with Crippen LogP contribution in [0.25, 0.3) is 0 Å². The fraction of sp³-hybridized carbons (Fsp3) is 0.556. The second-order valence-corrected chi connectivity index (χ2v) is 6.88. The summed E-state index contributed by atoms with van der Waals surface area (Å²) in [5.74, 6) is 0.783. The number of benzene rings is 1. The molecular formula is C18H25NO4S. The molecule has 0 spiro atoms. The third-order valence-corrected chi connectivity index (χ3v) is 4.91. The average molecular weight is 351 g/mol. The summed E-state index contributed by atoms with van der Waals surface area (Å²) in [4.78, 5) is 11.2. The molecule has 1 atom stereocenters. The van der Waals surface area contributed by atoms with Gasteiger partial charge in [-0.15, -0.1) is 0 Å². The van der Waals surface area contributed by atoms with Crippen molar-refractivity contribution in [1.82, 2.24) is 0 Å². The van der Waals surface area contributed by atoms with Gasteiger partial charge in [0, 0.05) is 5.75 Å². The normalized spacial score (nSPS) is 13.0. The molecule has 6 heteroatoms. The Kier molecular flexibility index (Phi) is 9.28. The van der Waals surface area contributed by atoms with Crippen LogP contribution in [0.15, 0.2) is 24.3 Å². The van der Waals surface area contributed by atoms with E-state index in [2.05, 4.69) is 4.74 Å². The molecule has 1 aromatic carbocycles. The van der Waals surface area contributed by atoms with Gasteiger partial charge in [-0.2, -0.15) is 17.0 Å². The van der Waals surface area contributed by atoms with Crippen molar-refractivity contribution < 1.29 is 19.7 Å². The Morgan fingerprint density at radius 1 is 1.25 bits per heavy atom. The number of carbonyl (C=O) groups excluding carboxylic acids is 1. The summed E-state index contributed by atoms with van der Waals surface area (Å²) >= 11 is 1.49. The fourth-order valence-corrected chi connectivity index (χ4v) is 3.28. The number of phenols is 1. The van der Waals surface area contributed by atoms with Gasteiger partial charge in [-0.05, 0) is 42.7 Å². The molecule has 5 nitrogen and oxygen atoms in total. The number of hydrogen-bond acceptors (Lipinski definition) is 6. The van der Waals surface area contributed by atoms with Gasteiger partial charge in [0.05, 0.1) is 19.6 Å². The monoisotopic (exact) mass is 351 g/mol. The molecule has 0 aromatic heterocycles. The number of hydrogen-bond donors (Lipinski definition) is 2. The number of thioether (sulfide) groups is 1. The van der Waals surface area contributed by atoms with Gasteiger partial charge in [-0.25, -0.2) is 0 Å². The predicted octanol–water partition coefficient (Wildman–Crippen LogP) is 3.05. The molecule has 1 unspecified atom stereocenters. The highest BCUT2D eigenvalue weighted by Crippen LogP contribution is 2.19. The number of ether oxygens (including phenoxy) is 1. The summed E-state index contributed by atoms with van der Waals surface area (Å²) in [7, 11) is 1.24.